The fourth-order valence-corrected chi connectivity index (χ4v) is 18.5. The van der Waals surface area contributed by atoms with Gasteiger partial charge in [-0.3, -0.25) is 19.2 Å². The van der Waals surface area contributed by atoms with Crippen LogP contribution >= 0.6 is 0 Å². The van der Waals surface area contributed by atoms with Gasteiger partial charge in [0, 0.05) is 114 Å². The predicted octanol–water partition coefficient (Wildman–Crippen LogP) is 15.6. The third-order valence-electron chi connectivity index (χ3n) is 25.6. The normalized spacial score (nSPS) is 11.8. The molecule has 24 nitrogen and oxygen atoms in total. The summed E-state index contributed by atoms with van der Waals surface area (Å²) in [4.78, 5) is 88.4. The smallest absolute Gasteiger partial charge is 0.251 e. The number of H-pyrrole nitrogens is 2. The Morgan fingerprint density at radius 3 is 0.606 bits per heavy atom. The lowest BCUT2D eigenvalue weighted by Crippen LogP contribution is -2.30. The molecule has 8 bridgehead atoms. The van der Waals surface area contributed by atoms with Crippen LogP contribution in [0, 0.1) is 0 Å². The van der Waals surface area contributed by atoms with E-state index in [0.717, 1.165) is 317 Å². The summed E-state index contributed by atoms with van der Waals surface area (Å²) in [7, 11) is 0. The number of amides is 4. The van der Waals surface area contributed by atoms with Crippen LogP contribution in [0.2, 0.25) is 0 Å². The van der Waals surface area contributed by atoms with E-state index in [0.29, 0.717) is 124 Å². The second-order valence-electron chi connectivity index (χ2n) is 35.1. The van der Waals surface area contributed by atoms with Crippen LogP contribution in [0.4, 0.5) is 0 Å². The zero-order chi connectivity index (χ0) is 92.2. The van der Waals surface area contributed by atoms with Crippen molar-refractivity contribution in [3.63, 3.8) is 0 Å². The highest BCUT2D eigenvalue weighted by Gasteiger charge is 2.31. The lowest BCUT2D eigenvalue weighted by molar-refractivity contribution is 0.0944. The van der Waals surface area contributed by atoms with Gasteiger partial charge in [0.1, 0.15) is 0 Å². The zero-order valence-corrected chi connectivity index (χ0v) is 77.5. The fourth-order valence-electron chi connectivity index (χ4n) is 18.5. The first-order valence-electron chi connectivity index (χ1n) is 48.8. The molecule has 13 rings (SSSR count). The number of nitrogens with two attached hydrogens (primary N) is 8. The number of aromatic nitrogens is 4. The summed E-state index contributed by atoms with van der Waals surface area (Å²) in [5.74, 6) is -0.659. The van der Waals surface area contributed by atoms with Crippen LogP contribution in [0.25, 0.3) is 133 Å². The van der Waals surface area contributed by atoms with Gasteiger partial charge in [0.2, 0.25) is 0 Å². The Morgan fingerprint density at radius 2 is 0.409 bits per heavy atom. The summed E-state index contributed by atoms with van der Waals surface area (Å²) in [6, 6.07) is 65.4. The van der Waals surface area contributed by atoms with Crippen molar-refractivity contribution < 1.29 is 19.2 Å². The molecule has 2 aliphatic heterocycles. The molecule has 3 aliphatic rings. The maximum atomic E-state index is 14.5. The predicted molar refractivity (Wildman–Crippen MR) is 546 cm³/mol. The highest BCUT2D eigenvalue weighted by Crippen LogP contribution is 2.52. The van der Waals surface area contributed by atoms with Crippen LogP contribution in [-0.4, -0.2) is 220 Å². The molecule has 0 radical (unpaired) electrons. The topological polar surface area (TPSA) is 395 Å². The molecule has 698 valence electrons. The van der Waals surface area contributed by atoms with E-state index >= 15 is 0 Å². The molecule has 0 atom stereocenters. The number of carbonyl (C=O) groups is 4. The van der Waals surface area contributed by atoms with Crippen molar-refractivity contribution in [1.29, 1.82) is 0 Å². The third-order valence-corrected chi connectivity index (χ3v) is 25.6. The Hall–Kier alpha value is -11.2. The minimum Gasteiger partial charge on any atom is -0.353 e. The molecule has 22 N–H and O–H groups in total. The number of unbranched alkanes of at least 4 members (excludes halogenated alkanes) is 8. The van der Waals surface area contributed by atoms with Gasteiger partial charge < -0.3 is 96.7 Å². The molecule has 4 amide bonds. The maximum absolute atomic E-state index is 14.5. The standard InChI is InChI=1S/C108H142N20O4/c109-53-9-17-65-125(73-25-57-113)69-21-13-61-117-105(129)81-45-37-77(38-46-81)93-97-85-29-1-2-30-86(85)98(121-97)94(78-39-47-82(48-40-78)106(130)118-62-14-22-70-126(74-26-58-114)66-18-10-54-110)100-89-33-5-6-34-90(89)102(123-100)96(80-43-51-84(52-44-80)108(132)120-64-16-24-72-128(76-28-60-116)68-20-12-56-112)104-92-36-8-7-35-91(92)103(124-104)95(101-88-32-4-3-31-87(88)99(93)122-101)79-41-49-83(50-42-79)107(131)119-63-15-23-71-127(75-27-59-115)67-19-11-55-111/h1-8,29-52,121,124H,9-28,53-76,109-116H2,(H,117,129)(H,118,130)(H,119,131)(H,120,132). The van der Waals surface area contributed by atoms with Crippen molar-refractivity contribution >= 4 is 67.2 Å². The number of hydrogen-bond acceptors (Lipinski definition) is 18. The van der Waals surface area contributed by atoms with E-state index in [2.05, 4.69) is 148 Å². The van der Waals surface area contributed by atoms with E-state index in [-0.39, 0.29) is 23.6 Å². The Bertz CT molecular complexity index is 5030. The van der Waals surface area contributed by atoms with Gasteiger partial charge >= 0.3 is 0 Å². The molecule has 4 heterocycles. The number of benzene rings is 8. The van der Waals surface area contributed by atoms with Crippen molar-refractivity contribution in [2.24, 2.45) is 45.9 Å². The monoisotopic (exact) mass is 1780 g/mol. The Balaban J connectivity index is 1.00. The number of carbonyl (C=O) groups excluding carboxylic acids is 4. The molecule has 0 saturated heterocycles. The third kappa shape index (κ3) is 25.8. The zero-order valence-electron chi connectivity index (χ0n) is 77.5. The highest BCUT2D eigenvalue weighted by molar-refractivity contribution is 6.22. The van der Waals surface area contributed by atoms with E-state index in [4.69, 9.17) is 55.8 Å². The van der Waals surface area contributed by atoms with Crippen molar-refractivity contribution in [1.82, 2.24) is 60.8 Å². The van der Waals surface area contributed by atoms with Crippen LogP contribution in [0.15, 0.2) is 194 Å². The minimum absolute atomic E-state index is 0.165. The van der Waals surface area contributed by atoms with Gasteiger partial charge in [0.05, 0.1) is 44.8 Å². The molecule has 10 aromatic rings. The maximum Gasteiger partial charge on any atom is 0.251 e. The van der Waals surface area contributed by atoms with Crippen LogP contribution in [0.1, 0.15) is 170 Å². The largest absolute Gasteiger partial charge is 0.353 e. The molecule has 132 heavy (non-hydrogen) atoms. The van der Waals surface area contributed by atoms with Gasteiger partial charge in [-0.15, -0.1) is 0 Å². The number of rotatable bonds is 56. The first-order valence-corrected chi connectivity index (χ1v) is 48.8. The number of nitrogens with one attached hydrogen (secondary N) is 6. The second-order valence-corrected chi connectivity index (χ2v) is 35.1. The number of hydrogen-bond donors (Lipinski definition) is 14. The van der Waals surface area contributed by atoms with Gasteiger partial charge in [0.25, 0.3) is 23.6 Å². The van der Waals surface area contributed by atoms with Gasteiger partial charge in [0.15, 0.2) is 0 Å². The summed E-state index contributed by atoms with van der Waals surface area (Å²) < 4.78 is 0. The van der Waals surface area contributed by atoms with Gasteiger partial charge in [-0.05, 0) is 330 Å². The van der Waals surface area contributed by atoms with Crippen LogP contribution in [-0.2, 0) is 0 Å². The summed E-state index contributed by atoms with van der Waals surface area (Å²) >= 11 is 0. The first-order chi connectivity index (χ1) is 64.9. The van der Waals surface area contributed by atoms with E-state index in [1.165, 1.54) is 0 Å². The highest BCUT2D eigenvalue weighted by atomic mass is 16.2. The van der Waals surface area contributed by atoms with E-state index in [1.54, 1.807) is 0 Å². The van der Waals surface area contributed by atoms with E-state index in [1.807, 2.05) is 97.1 Å². The molecule has 24 heteroatoms. The molecule has 0 spiro atoms. The summed E-state index contributed by atoms with van der Waals surface area (Å²) in [5.41, 5.74) is 65.2. The molecule has 0 fully saturated rings. The molecule has 2 aromatic heterocycles. The first kappa shape index (κ1) is 98.3. The molecular weight excluding hydrogens is 1640 g/mol. The van der Waals surface area contributed by atoms with Crippen molar-refractivity contribution in [3.05, 3.63) is 216 Å². The van der Waals surface area contributed by atoms with Gasteiger partial charge in [-0.2, -0.15) is 0 Å². The van der Waals surface area contributed by atoms with Crippen molar-refractivity contribution in [2.45, 2.75) is 128 Å². The van der Waals surface area contributed by atoms with Gasteiger partial charge in [-0.25, -0.2) is 9.97 Å². The number of aromatic amines is 2. The van der Waals surface area contributed by atoms with Crippen molar-refractivity contribution in [3.8, 4) is 89.5 Å². The Kier molecular flexibility index (Phi) is 38.5. The van der Waals surface area contributed by atoms with Crippen LogP contribution < -0.4 is 67.1 Å². The van der Waals surface area contributed by atoms with Crippen LogP contribution in [0.5, 0.6) is 0 Å². The number of nitrogens with zero attached hydrogens (tertiary/aromatic N) is 6. The Morgan fingerprint density at radius 1 is 0.227 bits per heavy atom. The molecule has 8 aromatic carbocycles. The fraction of sp³-hybridized carbons (Fsp3) is 0.407. The lowest BCUT2D eigenvalue weighted by Gasteiger charge is -2.22. The van der Waals surface area contributed by atoms with Gasteiger partial charge in [-0.1, -0.05) is 146 Å². The molecule has 0 unspecified atom stereocenters. The van der Waals surface area contributed by atoms with E-state index < -0.39 is 0 Å². The average Bonchev–Trinajstić information content (AvgIpc) is 1.56. The quantitative estimate of drug-likeness (QED) is 0.0157. The minimum atomic E-state index is -0.165. The van der Waals surface area contributed by atoms with E-state index in [9.17, 15) is 19.2 Å². The Labute approximate surface area is 780 Å². The molecule has 1 aliphatic carbocycles. The summed E-state index contributed by atoms with van der Waals surface area (Å²) in [6.07, 6.45) is 18.7. The molecule has 0 saturated carbocycles. The summed E-state index contributed by atoms with van der Waals surface area (Å²) in [6.45, 7) is 18.6. The lowest BCUT2D eigenvalue weighted by atomic mass is 9.93. The van der Waals surface area contributed by atoms with Crippen molar-refractivity contribution in [2.75, 3.05) is 157 Å². The molecular formula is C108H142N20O4. The average molecular weight is 1780 g/mol. The summed E-state index contributed by atoms with van der Waals surface area (Å²) in [5, 5.41) is 16.6. The second kappa shape index (κ2) is 51.7. The van der Waals surface area contributed by atoms with Crippen LogP contribution in [0.3, 0.4) is 0 Å². The SMILES string of the molecule is NCCCCN(CCCN)CCCCNC(=O)c1ccc(-c2c3nc(c(-c4ccc(C(=O)NCCCCN(CCCN)CCCCN)cc4)c4[nH]c(c(-c5ccc(C(=O)NCCCCN(CCCN)CCCCN)cc5)c5nc(c(-c6ccc(C(=O)NCCCCN(CCCN)CCCCN)cc6)c6[nH]c2c2ccccc62)-c2ccccc2-5)c2ccccc42)-c2ccccc2-3)cc1.